The molecule has 2 amide bonds. The van der Waals surface area contributed by atoms with Crippen LogP contribution in [0.25, 0.3) is 0 Å². The first-order chi connectivity index (χ1) is 7.52. The van der Waals surface area contributed by atoms with Gasteiger partial charge in [-0.15, -0.1) is 0 Å². The summed E-state index contributed by atoms with van der Waals surface area (Å²) in [5.74, 6) is -0.306. The van der Waals surface area contributed by atoms with Gasteiger partial charge in [0.25, 0.3) is 0 Å². The highest BCUT2D eigenvalue weighted by Gasteiger charge is 2.32. The van der Waals surface area contributed by atoms with E-state index in [2.05, 4.69) is 47.8 Å². The number of amides is 2. The van der Waals surface area contributed by atoms with Gasteiger partial charge in [-0.25, -0.2) is 4.90 Å². The second-order valence-electron chi connectivity index (χ2n) is 3.32. The van der Waals surface area contributed by atoms with E-state index in [-0.39, 0.29) is 11.8 Å². The number of imide groups is 1. The van der Waals surface area contributed by atoms with Crippen LogP contribution >= 0.6 is 47.8 Å². The van der Waals surface area contributed by atoms with Crippen molar-refractivity contribution in [2.45, 2.75) is 12.8 Å². The molecular formula is C10H6Br3NO2. The first-order valence-corrected chi connectivity index (χ1v) is 6.89. The molecule has 1 heterocycles. The van der Waals surface area contributed by atoms with E-state index >= 15 is 0 Å². The van der Waals surface area contributed by atoms with Crippen molar-refractivity contribution >= 4 is 65.3 Å². The molecule has 0 unspecified atom stereocenters. The van der Waals surface area contributed by atoms with Crippen molar-refractivity contribution in [3.8, 4) is 0 Å². The van der Waals surface area contributed by atoms with Crippen LogP contribution < -0.4 is 4.90 Å². The van der Waals surface area contributed by atoms with Gasteiger partial charge in [-0.2, -0.15) is 0 Å². The SMILES string of the molecule is O=C1CCC(=O)N1c1ccc(Br)c(Br)c1Br. The van der Waals surface area contributed by atoms with Crippen LogP contribution in [0.4, 0.5) is 5.69 Å². The molecule has 1 aliphatic rings. The summed E-state index contributed by atoms with van der Waals surface area (Å²) < 4.78 is 2.35. The third-order valence-electron chi connectivity index (χ3n) is 2.31. The molecule has 84 valence electrons. The molecule has 1 aromatic rings. The summed E-state index contributed by atoms with van der Waals surface area (Å²) in [5.41, 5.74) is 0.586. The summed E-state index contributed by atoms with van der Waals surface area (Å²) in [6, 6.07) is 3.53. The number of rotatable bonds is 1. The zero-order valence-electron chi connectivity index (χ0n) is 7.97. The third kappa shape index (κ3) is 1.98. The minimum absolute atomic E-state index is 0.153. The standard InChI is InChI=1S/C10H6Br3NO2/c11-5-1-2-6(10(13)9(5)12)14-7(15)3-4-8(14)16/h1-2H,3-4H2. The fraction of sp³-hybridized carbons (Fsp3) is 0.200. The highest BCUT2D eigenvalue weighted by atomic mass is 79.9. The highest BCUT2D eigenvalue weighted by Crippen LogP contribution is 2.39. The minimum atomic E-state index is -0.153. The van der Waals surface area contributed by atoms with Crippen LogP contribution in [0.1, 0.15) is 12.8 Å². The van der Waals surface area contributed by atoms with Gasteiger partial charge in [-0.1, -0.05) is 0 Å². The Morgan fingerprint density at radius 1 is 0.938 bits per heavy atom. The van der Waals surface area contributed by atoms with Crippen molar-refractivity contribution in [1.29, 1.82) is 0 Å². The maximum Gasteiger partial charge on any atom is 0.234 e. The fourth-order valence-electron chi connectivity index (χ4n) is 1.53. The molecule has 0 saturated carbocycles. The molecule has 0 aliphatic carbocycles. The maximum atomic E-state index is 11.6. The molecule has 0 atom stereocenters. The Bertz CT molecular complexity index is 471. The zero-order chi connectivity index (χ0) is 11.9. The Morgan fingerprint density at radius 2 is 1.50 bits per heavy atom. The van der Waals surface area contributed by atoms with Gasteiger partial charge < -0.3 is 0 Å². The number of benzene rings is 1. The van der Waals surface area contributed by atoms with Crippen LogP contribution in [0.15, 0.2) is 25.6 Å². The fourth-order valence-corrected chi connectivity index (χ4v) is 2.99. The molecule has 0 N–H and O–H groups in total. The van der Waals surface area contributed by atoms with E-state index in [0.29, 0.717) is 23.0 Å². The minimum Gasteiger partial charge on any atom is -0.274 e. The second-order valence-corrected chi connectivity index (χ2v) is 5.76. The summed E-state index contributed by atoms with van der Waals surface area (Å²) in [5, 5.41) is 0. The smallest absolute Gasteiger partial charge is 0.234 e. The van der Waals surface area contributed by atoms with Crippen molar-refractivity contribution in [2.24, 2.45) is 0 Å². The van der Waals surface area contributed by atoms with Crippen molar-refractivity contribution in [1.82, 2.24) is 0 Å². The molecule has 0 bridgehead atoms. The van der Waals surface area contributed by atoms with E-state index in [1.807, 2.05) is 0 Å². The Hall–Kier alpha value is -0.200. The molecule has 0 spiro atoms. The largest absolute Gasteiger partial charge is 0.274 e. The quantitative estimate of drug-likeness (QED) is 0.522. The topological polar surface area (TPSA) is 37.4 Å². The van der Waals surface area contributed by atoms with Gasteiger partial charge >= 0.3 is 0 Å². The second kappa shape index (κ2) is 4.58. The van der Waals surface area contributed by atoms with Crippen LogP contribution in [-0.4, -0.2) is 11.8 Å². The van der Waals surface area contributed by atoms with Crippen molar-refractivity contribution in [2.75, 3.05) is 4.90 Å². The summed E-state index contributed by atoms with van der Waals surface area (Å²) in [4.78, 5) is 24.4. The summed E-state index contributed by atoms with van der Waals surface area (Å²) in [6.07, 6.45) is 0.581. The number of carbonyl (C=O) groups is 2. The lowest BCUT2D eigenvalue weighted by atomic mass is 10.3. The summed E-state index contributed by atoms with van der Waals surface area (Å²) in [6.45, 7) is 0. The molecular weight excluding hydrogens is 406 g/mol. The lowest BCUT2D eigenvalue weighted by Crippen LogP contribution is -2.28. The average Bonchev–Trinajstić information content (AvgIpc) is 2.57. The van der Waals surface area contributed by atoms with Crippen LogP contribution in [0, 0.1) is 0 Å². The Morgan fingerprint density at radius 3 is 2.06 bits per heavy atom. The Labute approximate surface area is 118 Å². The number of halogens is 3. The van der Waals surface area contributed by atoms with Gasteiger partial charge in [0, 0.05) is 21.8 Å². The van der Waals surface area contributed by atoms with Crippen molar-refractivity contribution in [3.05, 3.63) is 25.6 Å². The zero-order valence-corrected chi connectivity index (χ0v) is 12.7. The van der Waals surface area contributed by atoms with Gasteiger partial charge in [-0.3, -0.25) is 9.59 Å². The number of carbonyl (C=O) groups excluding carboxylic acids is 2. The van der Waals surface area contributed by atoms with E-state index in [0.717, 1.165) is 8.95 Å². The normalized spacial score (nSPS) is 16.1. The predicted octanol–water partition coefficient (Wildman–Crippen LogP) is 3.63. The van der Waals surface area contributed by atoms with Crippen LogP contribution in [0.2, 0.25) is 0 Å². The number of nitrogens with zero attached hydrogens (tertiary/aromatic N) is 1. The van der Waals surface area contributed by atoms with E-state index in [1.165, 1.54) is 4.90 Å². The van der Waals surface area contributed by atoms with Crippen molar-refractivity contribution < 1.29 is 9.59 Å². The first-order valence-electron chi connectivity index (χ1n) is 4.51. The third-order valence-corrected chi connectivity index (χ3v) is 5.66. The molecule has 1 aliphatic heterocycles. The Balaban J connectivity index is 2.52. The highest BCUT2D eigenvalue weighted by molar-refractivity contribution is 9.14. The summed E-state index contributed by atoms with van der Waals surface area (Å²) in [7, 11) is 0. The van der Waals surface area contributed by atoms with Crippen LogP contribution in [0.5, 0.6) is 0 Å². The van der Waals surface area contributed by atoms with Crippen LogP contribution in [0.3, 0.4) is 0 Å². The monoisotopic (exact) mass is 409 g/mol. The lowest BCUT2D eigenvalue weighted by molar-refractivity contribution is -0.121. The van der Waals surface area contributed by atoms with E-state index in [9.17, 15) is 9.59 Å². The molecule has 1 fully saturated rings. The van der Waals surface area contributed by atoms with E-state index in [1.54, 1.807) is 12.1 Å². The van der Waals surface area contributed by atoms with E-state index < -0.39 is 0 Å². The van der Waals surface area contributed by atoms with Gasteiger partial charge in [0.2, 0.25) is 11.8 Å². The Kier molecular flexibility index (Phi) is 3.51. The van der Waals surface area contributed by atoms with Crippen molar-refractivity contribution in [3.63, 3.8) is 0 Å². The number of hydrogen-bond acceptors (Lipinski definition) is 2. The summed E-state index contributed by atoms with van der Waals surface area (Å²) >= 11 is 10.1. The molecule has 2 rings (SSSR count). The van der Waals surface area contributed by atoms with Gasteiger partial charge in [0.05, 0.1) is 10.2 Å². The van der Waals surface area contributed by atoms with Gasteiger partial charge in [0.15, 0.2) is 0 Å². The van der Waals surface area contributed by atoms with Gasteiger partial charge in [-0.05, 0) is 59.9 Å². The van der Waals surface area contributed by atoms with Crippen LogP contribution in [-0.2, 0) is 9.59 Å². The maximum absolute atomic E-state index is 11.6. The molecule has 16 heavy (non-hydrogen) atoms. The molecule has 0 radical (unpaired) electrons. The lowest BCUT2D eigenvalue weighted by Gasteiger charge is -2.16. The molecule has 6 heteroatoms. The predicted molar refractivity (Wildman–Crippen MR) is 71.3 cm³/mol. The first kappa shape index (κ1) is 12.3. The number of hydrogen-bond donors (Lipinski definition) is 0. The van der Waals surface area contributed by atoms with Gasteiger partial charge in [0.1, 0.15) is 0 Å². The van der Waals surface area contributed by atoms with E-state index in [4.69, 9.17) is 0 Å². The molecule has 1 aromatic carbocycles. The molecule has 3 nitrogen and oxygen atoms in total. The molecule has 1 saturated heterocycles. The molecule has 0 aromatic heterocycles. The average molecular weight is 412 g/mol. The number of anilines is 1.